The van der Waals surface area contributed by atoms with Crippen LogP contribution in [0.15, 0.2) is 12.4 Å². The van der Waals surface area contributed by atoms with E-state index in [1.165, 1.54) is 0 Å². The molecule has 0 aromatic carbocycles. The summed E-state index contributed by atoms with van der Waals surface area (Å²) in [4.78, 5) is 3.50. The van der Waals surface area contributed by atoms with Crippen LogP contribution >= 0.6 is 0 Å². The molecule has 1 aliphatic rings. The SMILES string of the molecule is CC1N(C)C=CN1CCOS(=O)(=O)C(F)(F)F. The Labute approximate surface area is 97.6 Å². The van der Waals surface area contributed by atoms with E-state index in [2.05, 4.69) is 4.18 Å². The average molecular weight is 274 g/mol. The van der Waals surface area contributed by atoms with Crippen molar-refractivity contribution in [3.05, 3.63) is 12.4 Å². The Balaban J connectivity index is 2.42. The van der Waals surface area contributed by atoms with Gasteiger partial charge in [0.05, 0.1) is 12.8 Å². The van der Waals surface area contributed by atoms with Gasteiger partial charge in [0.2, 0.25) is 0 Å². The van der Waals surface area contributed by atoms with Gasteiger partial charge < -0.3 is 9.80 Å². The lowest BCUT2D eigenvalue weighted by atomic mass is 10.4. The smallest absolute Gasteiger partial charge is 0.359 e. The second-order valence-electron chi connectivity index (χ2n) is 3.56. The third kappa shape index (κ3) is 3.25. The third-order valence-electron chi connectivity index (χ3n) is 2.43. The lowest BCUT2D eigenvalue weighted by Crippen LogP contribution is -2.36. The Bertz CT molecular complexity index is 393. The fourth-order valence-corrected chi connectivity index (χ4v) is 1.68. The van der Waals surface area contributed by atoms with Gasteiger partial charge in [-0.05, 0) is 6.92 Å². The Hall–Kier alpha value is -0.960. The van der Waals surface area contributed by atoms with Gasteiger partial charge in [0, 0.05) is 26.0 Å². The molecule has 0 aromatic heterocycles. The molecular weight excluding hydrogens is 261 g/mol. The third-order valence-corrected chi connectivity index (χ3v) is 3.48. The maximum absolute atomic E-state index is 11.9. The molecular formula is C8H13F3N2O3S. The molecule has 9 heteroatoms. The van der Waals surface area contributed by atoms with E-state index >= 15 is 0 Å². The highest BCUT2D eigenvalue weighted by Crippen LogP contribution is 2.24. The molecule has 0 saturated heterocycles. The molecule has 17 heavy (non-hydrogen) atoms. The molecule has 0 amide bonds. The normalized spacial score (nSPS) is 21.4. The van der Waals surface area contributed by atoms with Crippen molar-refractivity contribution in [3.8, 4) is 0 Å². The molecule has 0 fully saturated rings. The second-order valence-corrected chi connectivity index (χ2v) is 5.16. The number of nitrogens with zero attached hydrogens (tertiary/aromatic N) is 2. The number of hydrogen-bond donors (Lipinski definition) is 0. The summed E-state index contributed by atoms with van der Waals surface area (Å²) in [7, 11) is -3.68. The first kappa shape index (κ1) is 14.1. The van der Waals surface area contributed by atoms with E-state index in [4.69, 9.17) is 0 Å². The first-order chi connectivity index (χ1) is 7.65. The van der Waals surface area contributed by atoms with Crippen molar-refractivity contribution < 1.29 is 25.8 Å². The minimum absolute atomic E-state index is 0.0350. The van der Waals surface area contributed by atoms with Gasteiger partial charge in [-0.15, -0.1) is 0 Å². The van der Waals surface area contributed by atoms with Crippen LogP contribution < -0.4 is 0 Å². The van der Waals surface area contributed by atoms with E-state index in [9.17, 15) is 21.6 Å². The predicted molar refractivity (Wildman–Crippen MR) is 54.0 cm³/mol. The van der Waals surface area contributed by atoms with E-state index in [-0.39, 0.29) is 12.7 Å². The summed E-state index contributed by atoms with van der Waals surface area (Å²) >= 11 is 0. The molecule has 5 nitrogen and oxygen atoms in total. The van der Waals surface area contributed by atoms with Crippen LogP contribution in [0.5, 0.6) is 0 Å². The Morgan fingerprint density at radius 1 is 1.35 bits per heavy atom. The van der Waals surface area contributed by atoms with E-state index < -0.39 is 22.2 Å². The zero-order valence-electron chi connectivity index (χ0n) is 9.31. The van der Waals surface area contributed by atoms with Crippen molar-refractivity contribution >= 4 is 10.1 Å². The summed E-state index contributed by atoms with van der Waals surface area (Å²) in [5.74, 6) is 0. The van der Waals surface area contributed by atoms with Gasteiger partial charge in [-0.25, -0.2) is 0 Å². The van der Waals surface area contributed by atoms with Gasteiger partial charge in [-0.2, -0.15) is 21.6 Å². The largest absolute Gasteiger partial charge is 0.523 e. The lowest BCUT2D eigenvalue weighted by molar-refractivity contribution is -0.0545. The van der Waals surface area contributed by atoms with Gasteiger partial charge >= 0.3 is 15.6 Å². The predicted octanol–water partition coefficient (Wildman–Crippen LogP) is 0.917. The quantitative estimate of drug-likeness (QED) is 0.563. The van der Waals surface area contributed by atoms with Crippen LogP contribution in [-0.2, 0) is 14.3 Å². The molecule has 1 aliphatic heterocycles. The molecule has 0 N–H and O–H groups in total. The van der Waals surface area contributed by atoms with Crippen molar-refractivity contribution in [2.24, 2.45) is 0 Å². The van der Waals surface area contributed by atoms with Crippen LogP contribution in [0.1, 0.15) is 6.92 Å². The number of rotatable bonds is 4. The van der Waals surface area contributed by atoms with Crippen molar-refractivity contribution in [2.75, 3.05) is 20.2 Å². The van der Waals surface area contributed by atoms with Gasteiger partial charge in [0.1, 0.15) is 0 Å². The Morgan fingerprint density at radius 3 is 2.35 bits per heavy atom. The van der Waals surface area contributed by atoms with Crippen molar-refractivity contribution in [3.63, 3.8) is 0 Å². The van der Waals surface area contributed by atoms with Crippen molar-refractivity contribution in [1.29, 1.82) is 0 Å². The van der Waals surface area contributed by atoms with Crippen LogP contribution in [0.2, 0.25) is 0 Å². The van der Waals surface area contributed by atoms with Gasteiger partial charge in [0.15, 0.2) is 0 Å². The van der Waals surface area contributed by atoms with Gasteiger partial charge in [0.25, 0.3) is 0 Å². The Morgan fingerprint density at radius 2 is 1.94 bits per heavy atom. The summed E-state index contributed by atoms with van der Waals surface area (Å²) < 4.78 is 60.8. The number of hydrogen-bond acceptors (Lipinski definition) is 5. The minimum atomic E-state index is -5.48. The maximum atomic E-state index is 11.9. The van der Waals surface area contributed by atoms with Crippen LogP contribution in [0.4, 0.5) is 13.2 Å². The minimum Gasteiger partial charge on any atom is -0.359 e. The van der Waals surface area contributed by atoms with Crippen molar-refractivity contribution in [1.82, 2.24) is 9.80 Å². The lowest BCUT2D eigenvalue weighted by Gasteiger charge is -2.26. The summed E-state index contributed by atoms with van der Waals surface area (Å²) in [6.45, 7) is 1.36. The fourth-order valence-electron chi connectivity index (χ4n) is 1.25. The van der Waals surface area contributed by atoms with Crippen LogP contribution in [0, 0.1) is 0 Å². The molecule has 1 heterocycles. The summed E-state index contributed by atoms with van der Waals surface area (Å²) in [5, 5.41) is 0. The molecule has 0 saturated carbocycles. The fraction of sp³-hybridized carbons (Fsp3) is 0.750. The topological polar surface area (TPSA) is 49.9 Å². The van der Waals surface area contributed by atoms with E-state index in [1.54, 1.807) is 24.3 Å². The van der Waals surface area contributed by atoms with E-state index in [1.807, 2.05) is 11.8 Å². The van der Waals surface area contributed by atoms with Crippen LogP contribution in [0.25, 0.3) is 0 Å². The summed E-state index contributed by atoms with van der Waals surface area (Å²) in [6.07, 6.45) is 3.36. The van der Waals surface area contributed by atoms with E-state index in [0.717, 1.165) is 0 Å². The number of halogens is 3. The van der Waals surface area contributed by atoms with Gasteiger partial charge in [-0.3, -0.25) is 4.18 Å². The zero-order valence-corrected chi connectivity index (χ0v) is 10.1. The van der Waals surface area contributed by atoms with Crippen LogP contribution in [0.3, 0.4) is 0 Å². The highest BCUT2D eigenvalue weighted by Gasteiger charge is 2.47. The molecule has 1 atom stereocenters. The van der Waals surface area contributed by atoms with Crippen LogP contribution in [-0.4, -0.2) is 50.1 Å². The molecule has 0 radical (unpaired) electrons. The molecule has 0 bridgehead atoms. The summed E-state index contributed by atoms with van der Waals surface area (Å²) in [5.41, 5.74) is -5.36. The Kier molecular flexibility index (Phi) is 3.92. The first-order valence-electron chi connectivity index (χ1n) is 4.77. The zero-order chi connectivity index (χ0) is 13.3. The molecule has 0 spiro atoms. The average Bonchev–Trinajstić information content (AvgIpc) is 2.47. The maximum Gasteiger partial charge on any atom is 0.523 e. The standard InChI is InChI=1S/C8H13F3N2O3S/c1-7-12(2)3-4-13(7)5-6-16-17(14,15)8(9,10)11/h3-4,7H,5-6H2,1-2H3. The molecule has 1 unspecified atom stereocenters. The molecule has 100 valence electrons. The highest BCUT2D eigenvalue weighted by molar-refractivity contribution is 7.87. The number of alkyl halides is 3. The van der Waals surface area contributed by atoms with E-state index in [0.29, 0.717) is 0 Å². The van der Waals surface area contributed by atoms with Gasteiger partial charge in [-0.1, -0.05) is 0 Å². The molecule has 1 rings (SSSR count). The molecule has 0 aliphatic carbocycles. The second kappa shape index (κ2) is 4.73. The highest BCUT2D eigenvalue weighted by atomic mass is 32.2. The summed E-state index contributed by atoms with van der Waals surface area (Å²) in [6, 6.07) is 0. The first-order valence-corrected chi connectivity index (χ1v) is 6.17. The molecule has 0 aromatic rings. The van der Waals surface area contributed by atoms with Crippen molar-refractivity contribution in [2.45, 2.75) is 18.6 Å². The monoisotopic (exact) mass is 274 g/mol.